The van der Waals surface area contributed by atoms with Crippen molar-refractivity contribution in [2.75, 3.05) is 65.5 Å². The quantitative estimate of drug-likeness (QED) is 0.0291. The van der Waals surface area contributed by atoms with Crippen molar-refractivity contribution < 1.29 is 131 Å². The number of nitrogens with two attached hydrogens (primary N) is 6. The van der Waals surface area contributed by atoms with Gasteiger partial charge in [-0.15, -0.1) is 0 Å². The Labute approximate surface area is 797 Å². The molecular weight excluding hydrogens is 1780 g/mol. The van der Waals surface area contributed by atoms with Crippen LogP contribution in [0.4, 0.5) is 0 Å². The van der Waals surface area contributed by atoms with Crippen molar-refractivity contribution in [3.05, 3.63) is 0 Å². The minimum Gasteiger partial charge on any atom is -0.481 e. The smallest absolute Gasteiger partial charge is 0.326 e. The van der Waals surface area contributed by atoms with E-state index >= 15 is 0 Å². The summed E-state index contributed by atoms with van der Waals surface area (Å²) in [5.41, 5.74) is 34.8. The molecule has 0 saturated heterocycles. The minimum atomic E-state index is -1.44. The van der Waals surface area contributed by atoms with Gasteiger partial charge in [0.15, 0.2) is 0 Å². The second-order valence-electron chi connectivity index (χ2n) is 34.0. The van der Waals surface area contributed by atoms with E-state index < -0.39 is 161 Å². The van der Waals surface area contributed by atoms with Crippen LogP contribution in [0.15, 0.2) is 0 Å². The second kappa shape index (κ2) is 80.3. The molecule has 0 radical (unpaired) electrons. The maximum Gasteiger partial charge on any atom is 0.326 e. The van der Waals surface area contributed by atoms with Gasteiger partial charge in [0.05, 0.1) is 6.61 Å². The summed E-state index contributed by atoms with van der Waals surface area (Å²) in [6.45, 7) is 1.48. The van der Waals surface area contributed by atoms with E-state index in [1.54, 1.807) is 0 Å². The van der Waals surface area contributed by atoms with Crippen LogP contribution in [-0.2, 0) is 101 Å². The van der Waals surface area contributed by atoms with Gasteiger partial charge in [-0.2, -0.15) is 0 Å². The zero-order valence-electron chi connectivity index (χ0n) is 79.4. The highest BCUT2D eigenvalue weighted by atomic mass is 16.5. The van der Waals surface area contributed by atoms with Crippen LogP contribution in [0.3, 0.4) is 0 Å². The third-order valence-corrected chi connectivity index (χ3v) is 22.1. The zero-order chi connectivity index (χ0) is 102. The fourth-order valence-corrected chi connectivity index (χ4v) is 14.2. The average Bonchev–Trinajstić information content (AvgIpc) is 0.857. The molecule has 0 aromatic carbocycles. The number of aliphatic carboxylic acids is 6. The molecule has 10 atom stereocenters. The molecule has 1 unspecified atom stereocenters. The first kappa shape index (κ1) is 125. The highest BCUT2D eigenvalue weighted by Crippen LogP contribution is 2.17. The molecule has 0 aromatic heterocycles. The molecule has 0 spiro atoms. The van der Waals surface area contributed by atoms with E-state index in [1.165, 1.54) is 0 Å². The van der Waals surface area contributed by atoms with Crippen LogP contribution < -0.4 is 104 Å². The first-order valence-corrected chi connectivity index (χ1v) is 48.6. The molecule has 31 N–H and O–H groups in total. The van der Waals surface area contributed by atoms with E-state index in [1.807, 2.05) is 0 Å². The normalized spacial score (nSPS) is 13.2. The number of rotatable bonds is 89. The summed E-state index contributed by atoms with van der Waals surface area (Å²) in [6.07, 6.45) is 6.82. The summed E-state index contributed by atoms with van der Waals surface area (Å²) in [7, 11) is 0. The van der Waals surface area contributed by atoms with Crippen molar-refractivity contribution in [2.45, 2.75) is 381 Å². The van der Waals surface area contributed by atoms with Gasteiger partial charge in [-0.05, 0) is 296 Å². The molecule has 0 rings (SSSR count). The van der Waals surface area contributed by atoms with Crippen molar-refractivity contribution >= 4 is 119 Å². The molecule has 0 aliphatic heterocycles. The third kappa shape index (κ3) is 66.6. The molecule has 0 fully saturated rings. The van der Waals surface area contributed by atoms with E-state index in [2.05, 4.69) is 69.1 Å². The predicted molar refractivity (Wildman–Crippen MR) is 500 cm³/mol. The molecule has 0 aliphatic carbocycles. The first-order chi connectivity index (χ1) is 65.1. The summed E-state index contributed by atoms with van der Waals surface area (Å²) in [5, 5.41) is 91.2. The van der Waals surface area contributed by atoms with E-state index in [-0.39, 0.29) is 321 Å². The Balaban J connectivity index is 7.33. The molecule has 0 aromatic rings. The van der Waals surface area contributed by atoms with E-state index in [9.17, 15) is 106 Å². The number of nitrogens with one attached hydrogen (secondary N) is 13. The molecule has 136 heavy (non-hydrogen) atoms. The molecule has 0 aliphatic rings. The molecule has 46 nitrogen and oxygen atoms in total. The Bertz CT molecular complexity index is 3360. The predicted octanol–water partition coefficient (Wildman–Crippen LogP) is 0.491. The summed E-state index contributed by atoms with van der Waals surface area (Å²) >= 11 is 0. The maximum absolute atomic E-state index is 14.8. The number of carboxylic acids is 6. The Kier molecular flexibility index (Phi) is 73.9. The fourth-order valence-electron chi connectivity index (χ4n) is 14.2. The van der Waals surface area contributed by atoms with Crippen molar-refractivity contribution in [1.29, 1.82) is 0 Å². The Morgan fingerprint density at radius 2 is 0.368 bits per heavy atom. The van der Waals surface area contributed by atoms with Crippen LogP contribution in [0, 0.1) is 0 Å². The number of carbonyl (C=O) groups excluding carboxylic acids is 14. The van der Waals surface area contributed by atoms with Gasteiger partial charge in [0.1, 0.15) is 60.4 Å². The standard InChI is InChI=1S/C90H161N19O27/c91-51-21-11-31-61(81(124)102-65(35-17-27-57-97-71(110)41-3-6-46-76(115)116)85(128)104-63(33-13-23-53-93)83(126)106-67(87(130)108-69(89(132)133)39-15-25-55-95)37-19-29-59-99-73(112)43-5-8-48-78(119)120)100-74(113)44-1-2-45-75(114)101-62(32-12-22-52-92)82(125)103-66(36-18-28-58-98-72(111)42-4-7-47-77(117)118)86(129)105-64(34-14-24-54-94)84(127)107-68(88(131)109-70(90(134)135)40-16-26-56-96)38-20-30-60-136-80(123)50-10-9-49-79(121)122/h61-70H,1-60,91-96H2,(H,97,110)(H,98,111)(H,99,112)(H,100,113)(H,101,114)(H,102,124)(H,103,125)(H,104,128)(H,105,129)(H,106,126)(H,107,127)(H,108,130)(H,109,131)(H,115,116)(H,117,118)(H,119,120)(H,121,122)(H,132,133)(H,134,135)/t61-,62-,63-,64?,65-,66-,67-,68-,69-,70-/m0/s1. The van der Waals surface area contributed by atoms with Gasteiger partial charge in [0, 0.05) is 83.8 Å². The molecule has 0 saturated carbocycles. The topological polar surface area (TPSA) is 785 Å². The van der Waals surface area contributed by atoms with Crippen molar-refractivity contribution in [2.24, 2.45) is 34.4 Å². The number of unbranched alkanes of at least 4 members (excludes halogenated alkanes) is 15. The number of hydrogen-bond acceptors (Lipinski definition) is 27. The Hall–Kier alpha value is -10.8. The van der Waals surface area contributed by atoms with Crippen molar-refractivity contribution in [3.8, 4) is 0 Å². The lowest BCUT2D eigenvalue weighted by atomic mass is 10.0. The van der Waals surface area contributed by atoms with E-state index in [4.69, 9.17) is 59.6 Å². The van der Waals surface area contributed by atoms with Crippen molar-refractivity contribution in [3.63, 3.8) is 0 Å². The zero-order valence-corrected chi connectivity index (χ0v) is 79.4. The van der Waals surface area contributed by atoms with Gasteiger partial charge >= 0.3 is 41.8 Å². The van der Waals surface area contributed by atoms with E-state index in [0.717, 1.165) is 0 Å². The number of carbonyl (C=O) groups is 20. The fraction of sp³-hybridized carbons (Fsp3) is 0.778. The van der Waals surface area contributed by atoms with Gasteiger partial charge < -0.3 is 139 Å². The number of hydrogen-bond donors (Lipinski definition) is 25. The van der Waals surface area contributed by atoms with Gasteiger partial charge in [-0.25, -0.2) is 9.59 Å². The third-order valence-electron chi connectivity index (χ3n) is 22.1. The van der Waals surface area contributed by atoms with Crippen LogP contribution in [0.2, 0.25) is 0 Å². The van der Waals surface area contributed by atoms with Gasteiger partial charge in [0.2, 0.25) is 76.8 Å². The van der Waals surface area contributed by atoms with Crippen LogP contribution in [0.1, 0.15) is 321 Å². The lowest BCUT2D eigenvalue weighted by Crippen LogP contribution is -2.58. The molecule has 0 heterocycles. The summed E-state index contributed by atoms with van der Waals surface area (Å²) in [6, 6.07) is -13.9. The number of esters is 1. The summed E-state index contributed by atoms with van der Waals surface area (Å²) < 4.78 is 5.30. The average molecular weight is 1940 g/mol. The molecular formula is C90H161N19O27. The highest BCUT2D eigenvalue weighted by molar-refractivity contribution is 5.98. The largest absolute Gasteiger partial charge is 0.481 e. The van der Waals surface area contributed by atoms with Crippen LogP contribution in [0.25, 0.3) is 0 Å². The van der Waals surface area contributed by atoms with Crippen LogP contribution in [0.5, 0.6) is 0 Å². The number of ether oxygens (including phenoxy) is 1. The van der Waals surface area contributed by atoms with Gasteiger partial charge in [0.25, 0.3) is 0 Å². The minimum absolute atomic E-state index is 0.00139. The SMILES string of the molecule is NCCCCC(NC(=O)[C@H](CCCCNC(=O)CCCCC(=O)O)NC(=O)[C@H](CCCCN)NC(=O)CCCCC(=O)N[C@@H](CCCCN)C(=O)N[C@@H](CCCCNC(=O)CCCCC(=O)O)C(=O)N[C@@H](CCCCN)C(=O)N[C@@H](CCCCNC(=O)CCCCC(=O)O)C(=O)N[C@@H](CCCCN)C(=O)O)C(=O)N[C@@H](CCCCOC(=O)CCCCC(=O)O)C(=O)N[C@@H](CCCCN)C(=O)O. The number of amides is 13. The monoisotopic (exact) mass is 1940 g/mol. The summed E-state index contributed by atoms with van der Waals surface area (Å²) in [4.78, 5) is 264. The molecule has 13 amide bonds. The van der Waals surface area contributed by atoms with E-state index in [0.29, 0.717) is 83.5 Å². The molecule has 0 bridgehead atoms. The molecule has 46 heteroatoms. The Morgan fingerprint density at radius 1 is 0.191 bits per heavy atom. The maximum atomic E-state index is 14.8. The first-order valence-electron chi connectivity index (χ1n) is 48.6. The van der Waals surface area contributed by atoms with Gasteiger partial charge in [-0.3, -0.25) is 86.3 Å². The summed E-state index contributed by atoms with van der Waals surface area (Å²) in [5.74, 6) is -16.6. The second-order valence-corrected chi connectivity index (χ2v) is 34.0. The van der Waals surface area contributed by atoms with Crippen LogP contribution >= 0.6 is 0 Å². The lowest BCUT2D eigenvalue weighted by Gasteiger charge is -2.27. The Morgan fingerprint density at radius 3 is 0.581 bits per heavy atom. The van der Waals surface area contributed by atoms with Crippen molar-refractivity contribution in [1.82, 2.24) is 69.1 Å². The molecule has 778 valence electrons. The number of carboxylic acid groups (broad SMARTS) is 6. The van der Waals surface area contributed by atoms with Crippen LogP contribution in [-0.4, -0.2) is 275 Å². The van der Waals surface area contributed by atoms with Gasteiger partial charge in [-0.1, -0.05) is 0 Å². The lowest BCUT2D eigenvalue weighted by molar-refractivity contribution is -0.144. The highest BCUT2D eigenvalue weighted by Gasteiger charge is 2.36.